The highest BCUT2D eigenvalue weighted by Crippen LogP contribution is 2.10. The van der Waals surface area contributed by atoms with Crippen LogP contribution in [0.25, 0.3) is 0 Å². The van der Waals surface area contributed by atoms with E-state index in [0.29, 0.717) is 0 Å². The van der Waals surface area contributed by atoms with Crippen molar-refractivity contribution in [3.05, 3.63) is 30.1 Å². The zero-order valence-electron chi connectivity index (χ0n) is 15.9. The fraction of sp³-hybridized carbons (Fsp3) is 0.636. The molecule has 0 aromatic carbocycles. The summed E-state index contributed by atoms with van der Waals surface area (Å²) in [7, 11) is 1.58. The first-order valence-electron chi connectivity index (χ1n) is 9.83. The maximum atomic E-state index is 4.62. The van der Waals surface area contributed by atoms with E-state index >= 15 is 0 Å². The van der Waals surface area contributed by atoms with Crippen LogP contribution in [0.4, 0.5) is 0 Å². The van der Waals surface area contributed by atoms with Crippen LogP contribution in [0.2, 0.25) is 0 Å². The van der Waals surface area contributed by atoms with Gasteiger partial charge in [-0.25, -0.2) is 0 Å². The number of pyridine rings is 1. The molecule has 1 heterocycles. The van der Waals surface area contributed by atoms with Crippen molar-refractivity contribution in [2.24, 2.45) is 5.16 Å². The fourth-order valence-electron chi connectivity index (χ4n) is 2.73. The van der Waals surface area contributed by atoms with Gasteiger partial charge >= 0.3 is 0 Å². The number of oxime groups is 1. The van der Waals surface area contributed by atoms with Crippen LogP contribution in [0.15, 0.2) is 29.7 Å². The summed E-state index contributed by atoms with van der Waals surface area (Å²) in [6.07, 6.45) is 21.4. The van der Waals surface area contributed by atoms with E-state index in [-0.39, 0.29) is 0 Å². The topological polar surface area (TPSA) is 34.5 Å². The number of hydrogen-bond donors (Lipinski definition) is 0. The first kappa shape index (κ1) is 21.2. The quantitative estimate of drug-likeness (QED) is 0.181. The van der Waals surface area contributed by atoms with Crippen LogP contribution in [-0.2, 0) is 11.3 Å². The van der Waals surface area contributed by atoms with Crippen molar-refractivity contribution in [3.63, 3.8) is 0 Å². The van der Waals surface area contributed by atoms with E-state index in [9.17, 15) is 0 Å². The number of aryl methyl sites for hydroxylation is 1. The SMILES string of the molecule is CO/N=C/CCCCCC#CCCCCCCCCc1cccnc1. The molecule has 25 heavy (non-hydrogen) atoms. The van der Waals surface area contributed by atoms with Gasteiger partial charge in [-0.1, -0.05) is 43.3 Å². The summed E-state index contributed by atoms with van der Waals surface area (Å²) in [4.78, 5) is 8.78. The maximum Gasteiger partial charge on any atom is 0.106 e. The molecule has 0 unspecified atom stereocenters. The highest BCUT2D eigenvalue weighted by Gasteiger charge is 1.94. The predicted octanol–water partition coefficient (Wildman–Crippen LogP) is 5.94. The molecular formula is C22H34N2O. The Morgan fingerprint density at radius 1 is 0.960 bits per heavy atom. The van der Waals surface area contributed by atoms with Gasteiger partial charge in [0.15, 0.2) is 0 Å². The Kier molecular flexibility index (Phi) is 14.4. The molecule has 3 nitrogen and oxygen atoms in total. The Bertz CT molecular complexity index is 488. The molecule has 1 aromatic heterocycles. The van der Waals surface area contributed by atoms with Crippen LogP contribution in [0.3, 0.4) is 0 Å². The second kappa shape index (κ2) is 17.0. The Labute approximate surface area is 154 Å². The molecule has 3 heteroatoms. The molecule has 1 aromatic rings. The van der Waals surface area contributed by atoms with Crippen LogP contribution >= 0.6 is 0 Å². The third kappa shape index (κ3) is 14.2. The van der Waals surface area contributed by atoms with E-state index in [2.05, 4.69) is 32.9 Å². The second-order valence-corrected chi connectivity index (χ2v) is 6.41. The van der Waals surface area contributed by atoms with Crippen LogP contribution in [0, 0.1) is 11.8 Å². The van der Waals surface area contributed by atoms with Crippen molar-refractivity contribution < 1.29 is 4.84 Å². The Morgan fingerprint density at radius 2 is 1.64 bits per heavy atom. The minimum absolute atomic E-state index is 1.00. The average Bonchev–Trinajstić information content (AvgIpc) is 2.65. The van der Waals surface area contributed by atoms with Crippen LogP contribution < -0.4 is 0 Å². The Hall–Kier alpha value is -1.82. The summed E-state index contributed by atoms with van der Waals surface area (Å²) in [6, 6.07) is 4.19. The number of rotatable bonds is 14. The van der Waals surface area contributed by atoms with E-state index < -0.39 is 0 Å². The van der Waals surface area contributed by atoms with Gasteiger partial charge in [0.1, 0.15) is 7.11 Å². The Morgan fingerprint density at radius 3 is 2.32 bits per heavy atom. The monoisotopic (exact) mass is 342 g/mol. The predicted molar refractivity (Wildman–Crippen MR) is 107 cm³/mol. The summed E-state index contributed by atoms with van der Waals surface area (Å²) in [5.74, 6) is 6.62. The highest BCUT2D eigenvalue weighted by atomic mass is 16.6. The molecule has 0 bridgehead atoms. The van der Waals surface area contributed by atoms with E-state index in [1.807, 2.05) is 24.7 Å². The standard InChI is InChI=1S/C22H34N2O/c1-25-24-20-15-13-11-9-7-5-3-2-4-6-8-10-12-14-17-22-18-16-19-23-21-22/h16,18-21H,2,4,6-15,17H2,1H3/b24-20+. The number of aromatic nitrogens is 1. The van der Waals surface area contributed by atoms with Crippen molar-refractivity contribution in [3.8, 4) is 11.8 Å². The van der Waals surface area contributed by atoms with Crippen molar-refractivity contribution in [1.82, 2.24) is 4.98 Å². The zero-order valence-corrected chi connectivity index (χ0v) is 15.9. The van der Waals surface area contributed by atoms with Gasteiger partial charge in [0.05, 0.1) is 0 Å². The second-order valence-electron chi connectivity index (χ2n) is 6.41. The summed E-state index contributed by atoms with van der Waals surface area (Å²) in [5, 5.41) is 3.73. The van der Waals surface area contributed by atoms with E-state index in [4.69, 9.17) is 0 Å². The molecule has 1 rings (SSSR count). The van der Waals surface area contributed by atoms with Gasteiger partial charge in [-0.15, -0.1) is 11.8 Å². The summed E-state index contributed by atoms with van der Waals surface area (Å²) >= 11 is 0. The lowest BCUT2D eigenvalue weighted by molar-refractivity contribution is 0.214. The molecule has 0 amide bonds. The van der Waals surface area contributed by atoms with Gasteiger partial charge < -0.3 is 4.84 Å². The van der Waals surface area contributed by atoms with Gasteiger partial charge in [0, 0.05) is 31.4 Å². The minimum Gasteiger partial charge on any atom is -0.399 e. The van der Waals surface area contributed by atoms with Crippen LogP contribution in [-0.4, -0.2) is 18.3 Å². The molecule has 0 saturated heterocycles. The molecule has 138 valence electrons. The number of nitrogens with zero attached hydrogens (tertiary/aromatic N) is 2. The lowest BCUT2D eigenvalue weighted by atomic mass is 10.1. The van der Waals surface area contributed by atoms with E-state index in [1.54, 1.807) is 7.11 Å². The molecule has 0 aliphatic heterocycles. The summed E-state index contributed by atoms with van der Waals surface area (Å²) in [6.45, 7) is 0. The van der Waals surface area contributed by atoms with Crippen LogP contribution in [0.1, 0.15) is 82.6 Å². The van der Waals surface area contributed by atoms with Crippen LogP contribution in [0.5, 0.6) is 0 Å². The zero-order chi connectivity index (χ0) is 17.8. The smallest absolute Gasteiger partial charge is 0.106 e. The van der Waals surface area contributed by atoms with Gasteiger partial charge in [0.25, 0.3) is 0 Å². The minimum atomic E-state index is 1.00. The number of hydrogen-bond acceptors (Lipinski definition) is 3. The van der Waals surface area contributed by atoms with Crippen molar-refractivity contribution in [1.29, 1.82) is 0 Å². The molecule has 0 fully saturated rings. The van der Waals surface area contributed by atoms with Crippen molar-refractivity contribution in [2.45, 2.75) is 83.5 Å². The Balaban J connectivity index is 1.79. The molecule has 0 atom stereocenters. The molecule has 0 spiro atoms. The average molecular weight is 343 g/mol. The highest BCUT2D eigenvalue weighted by molar-refractivity contribution is 5.55. The molecule has 0 N–H and O–H groups in total. The first-order chi connectivity index (χ1) is 12.4. The lowest BCUT2D eigenvalue weighted by Crippen LogP contribution is -1.87. The third-order valence-corrected chi connectivity index (χ3v) is 4.18. The molecular weight excluding hydrogens is 308 g/mol. The van der Waals surface area contributed by atoms with Gasteiger partial charge in [-0.3, -0.25) is 4.98 Å². The fourth-order valence-corrected chi connectivity index (χ4v) is 2.73. The van der Waals surface area contributed by atoms with Gasteiger partial charge in [-0.05, 0) is 50.2 Å². The number of unbranched alkanes of at least 4 members (excludes halogenated alkanes) is 10. The summed E-state index contributed by atoms with van der Waals surface area (Å²) in [5.41, 5.74) is 1.36. The molecule has 0 saturated carbocycles. The molecule has 0 radical (unpaired) electrons. The van der Waals surface area contributed by atoms with Gasteiger partial charge in [0.2, 0.25) is 0 Å². The van der Waals surface area contributed by atoms with E-state index in [1.165, 1.54) is 69.8 Å². The normalized spacial score (nSPS) is 10.6. The summed E-state index contributed by atoms with van der Waals surface area (Å²) < 4.78 is 0. The third-order valence-electron chi connectivity index (χ3n) is 4.18. The lowest BCUT2D eigenvalue weighted by Gasteiger charge is -2.01. The first-order valence-corrected chi connectivity index (χ1v) is 9.83. The van der Waals surface area contributed by atoms with Crippen molar-refractivity contribution in [2.75, 3.05) is 7.11 Å². The largest absolute Gasteiger partial charge is 0.399 e. The van der Waals surface area contributed by atoms with E-state index in [0.717, 1.165) is 19.3 Å². The molecule has 0 aliphatic carbocycles. The maximum absolute atomic E-state index is 4.62. The molecule has 0 aliphatic rings. The van der Waals surface area contributed by atoms with Crippen molar-refractivity contribution >= 4 is 6.21 Å². The van der Waals surface area contributed by atoms with Gasteiger partial charge in [-0.2, -0.15) is 0 Å².